The normalized spacial score (nSPS) is 13.7. The molecule has 0 unspecified atom stereocenters. The Balaban J connectivity index is 0.000000735. The molecule has 1 aromatic carbocycles. The number of aromatic nitrogens is 2. The van der Waals surface area contributed by atoms with Crippen molar-refractivity contribution in [2.24, 2.45) is 5.92 Å². The molecular weight excluding hydrogens is 378 g/mol. The maximum absolute atomic E-state index is 12.7. The summed E-state index contributed by atoms with van der Waals surface area (Å²) in [5, 5.41) is 5.36. The fourth-order valence-corrected chi connectivity index (χ4v) is 3.21. The highest BCUT2D eigenvalue weighted by Crippen LogP contribution is 2.25. The zero-order valence-corrected chi connectivity index (χ0v) is 18.9. The summed E-state index contributed by atoms with van der Waals surface area (Å²) < 4.78 is 2.14. The van der Waals surface area contributed by atoms with Crippen molar-refractivity contribution >= 4 is 11.8 Å². The van der Waals surface area contributed by atoms with Crippen LogP contribution in [0.1, 0.15) is 50.3 Å². The van der Waals surface area contributed by atoms with Crippen LogP contribution in [0.3, 0.4) is 0 Å². The van der Waals surface area contributed by atoms with Gasteiger partial charge in [0.25, 0.3) is 5.91 Å². The second-order valence-corrected chi connectivity index (χ2v) is 8.21. The molecular formula is C23H35N5O2. The molecule has 0 atom stereocenters. The maximum atomic E-state index is 12.7. The van der Waals surface area contributed by atoms with Gasteiger partial charge in [-0.3, -0.25) is 9.59 Å². The minimum atomic E-state index is -0.308. The molecule has 1 aromatic heterocycles. The smallest absolute Gasteiger partial charge is 0.272 e. The summed E-state index contributed by atoms with van der Waals surface area (Å²) in [6, 6.07) is 9.90. The van der Waals surface area contributed by atoms with Gasteiger partial charge in [-0.1, -0.05) is 51.1 Å². The van der Waals surface area contributed by atoms with Crippen molar-refractivity contribution < 1.29 is 9.59 Å². The highest BCUT2D eigenvalue weighted by molar-refractivity contribution is 5.96. The number of fused-ring (bicyclic) bond motifs is 1. The first-order chi connectivity index (χ1) is 14.3. The second kappa shape index (κ2) is 11.5. The van der Waals surface area contributed by atoms with Gasteiger partial charge in [0.1, 0.15) is 5.82 Å². The van der Waals surface area contributed by atoms with Crippen molar-refractivity contribution in [1.82, 2.24) is 25.1 Å². The largest absolute Gasteiger partial charge is 0.355 e. The summed E-state index contributed by atoms with van der Waals surface area (Å²) in [5.41, 5.74) is 2.29. The van der Waals surface area contributed by atoms with E-state index in [9.17, 15) is 9.59 Å². The summed E-state index contributed by atoms with van der Waals surface area (Å²) in [5.74, 6) is 1.13. The van der Waals surface area contributed by atoms with Gasteiger partial charge in [0.2, 0.25) is 5.91 Å². The van der Waals surface area contributed by atoms with Crippen LogP contribution in [0.5, 0.6) is 0 Å². The summed E-state index contributed by atoms with van der Waals surface area (Å²) in [7, 11) is 2.04. The molecule has 0 radical (unpaired) electrons. The molecule has 164 valence electrons. The van der Waals surface area contributed by atoms with E-state index in [1.54, 1.807) is 0 Å². The molecule has 0 bridgehead atoms. The Morgan fingerprint density at radius 1 is 1.10 bits per heavy atom. The van der Waals surface area contributed by atoms with Crippen molar-refractivity contribution in [3.8, 4) is 11.4 Å². The predicted octanol–water partition coefficient (Wildman–Crippen LogP) is 2.91. The van der Waals surface area contributed by atoms with Crippen LogP contribution in [0.2, 0.25) is 0 Å². The molecule has 7 nitrogen and oxygen atoms in total. The topological polar surface area (TPSA) is 79.3 Å². The van der Waals surface area contributed by atoms with E-state index in [-0.39, 0.29) is 18.4 Å². The van der Waals surface area contributed by atoms with E-state index in [1.807, 2.05) is 44.3 Å². The number of carbonyl (C=O) groups is 2. The first kappa shape index (κ1) is 23.6. The molecule has 0 spiro atoms. The highest BCUT2D eigenvalue weighted by atomic mass is 16.2. The van der Waals surface area contributed by atoms with Gasteiger partial charge in [0.05, 0.1) is 12.2 Å². The predicted molar refractivity (Wildman–Crippen MR) is 120 cm³/mol. The van der Waals surface area contributed by atoms with Crippen molar-refractivity contribution in [3.05, 3.63) is 41.7 Å². The lowest BCUT2D eigenvalue weighted by molar-refractivity contribution is -0.120. The third kappa shape index (κ3) is 6.69. The quantitative estimate of drug-likeness (QED) is 0.790. The van der Waals surface area contributed by atoms with E-state index >= 15 is 0 Å². The van der Waals surface area contributed by atoms with E-state index in [0.29, 0.717) is 18.8 Å². The second-order valence-electron chi connectivity index (χ2n) is 8.21. The first-order valence-corrected chi connectivity index (χ1v) is 10.7. The van der Waals surface area contributed by atoms with Crippen LogP contribution < -0.4 is 10.6 Å². The lowest BCUT2D eigenvalue weighted by Crippen LogP contribution is -2.37. The van der Waals surface area contributed by atoms with Gasteiger partial charge in [-0.2, -0.15) is 0 Å². The van der Waals surface area contributed by atoms with Gasteiger partial charge in [-0.25, -0.2) is 4.98 Å². The van der Waals surface area contributed by atoms with Crippen molar-refractivity contribution in [2.75, 3.05) is 26.7 Å². The Morgan fingerprint density at radius 2 is 1.77 bits per heavy atom. The molecule has 7 heteroatoms. The van der Waals surface area contributed by atoms with Gasteiger partial charge in [0, 0.05) is 25.2 Å². The van der Waals surface area contributed by atoms with E-state index in [0.717, 1.165) is 42.5 Å². The molecule has 1 aliphatic rings. The molecule has 1 aliphatic heterocycles. The van der Waals surface area contributed by atoms with Gasteiger partial charge < -0.3 is 20.1 Å². The zero-order valence-electron chi connectivity index (χ0n) is 18.9. The number of hydrogen-bond acceptors (Lipinski definition) is 4. The lowest BCUT2D eigenvalue weighted by atomic mass is 10.2. The minimum absolute atomic E-state index is 0.0461. The van der Waals surface area contributed by atoms with Crippen LogP contribution >= 0.6 is 0 Å². The molecule has 2 N–H and O–H groups in total. The summed E-state index contributed by atoms with van der Waals surface area (Å²) in [6.07, 6.45) is 1.000. The molecule has 30 heavy (non-hydrogen) atoms. The van der Waals surface area contributed by atoms with E-state index in [2.05, 4.69) is 45.9 Å². The maximum Gasteiger partial charge on any atom is 0.272 e. The number of rotatable bonds is 5. The van der Waals surface area contributed by atoms with E-state index < -0.39 is 0 Å². The van der Waals surface area contributed by atoms with Crippen LogP contribution in [0, 0.1) is 5.92 Å². The monoisotopic (exact) mass is 413 g/mol. The average molecular weight is 414 g/mol. The Hall–Kier alpha value is -2.67. The van der Waals surface area contributed by atoms with Gasteiger partial charge in [-0.15, -0.1) is 0 Å². The molecule has 0 fully saturated rings. The van der Waals surface area contributed by atoms with Crippen LogP contribution in [0.4, 0.5) is 0 Å². The number of imidazole rings is 1. The molecule has 0 aliphatic carbocycles. The standard InChI is InChI=1S/C19H25N5O2.C4H10/c1-3-20-16(25)12-21-19(26)17-15-13-23(2)10-7-11-24(15)18(22-17)14-8-5-4-6-9-14;1-4(2)3/h4-6,8-9H,3,7,10-13H2,1-2H3,(H,20,25)(H,21,26);4H,1-3H3. The third-order valence-corrected chi connectivity index (χ3v) is 4.44. The molecule has 0 saturated carbocycles. The van der Waals surface area contributed by atoms with Crippen LogP contribution in [0.25, 0.3) is 11.4 Å². The molecule has 3 rings (SSSR count). The molecule has 2 amide bonds. The van der Waals surface area contributed by atoms with E-state index in [1.165, 1.54) is 0 Å². The fourth-order valence-electron chi connectivity index (χ4n) is 3.21. The number of amides is 2. The van der Waals surface area contributed by atoms with Crippen LogP contribution in [0.15, 0.2) is 30.3 Å². The summed E-state index contributed by atoms with van der Waals surface area (Å²) in [4.78, 5) is 31.2. The highest BCUT2D eigenvalue weighted by Gasteiger charge is 2.25. The average Bonchev–Trinajstić information content (AvgIpc) is 2.93. The fraction of sp³-hybridized carbons (Fsp3) is 0.522. The Bertz CT molecular complexity index is 827. The SMILES string of the molecule is CC(C)C.CCNC(=O)CNC(=O)c1nc(-c2ccccc2)n2c1CN(C)CCC2. The molecule has 0 saturated heterocycles. The lowest BCUT2D eigenvalue weighted by Gasteiger charge is -2.13. The zero-order chi connectivity index (χ0) is 22.1. The van der Waals surface area contributed by atoms with Gasteiger partial charge in [-0.05, 0) is 32.9 Å². The number of benzene rings is 1. The van der Waals surface area contributed by atoms with Crippen molar-refractivity contribution in [1.29, 1.82) is 0 Å². The van der Waals surface area contributed by atoms with Gasteiger partial charge in [0.15, 0.2) is 5.69 Å². The number of hydrogen-bond donors (Lipinski definition) is 2. The van der Waals surface area contributed by atoms with Crippen molar-refractivity contribution in [3.63, 3.8) is 0 Å². The summed E-state index contributed by atoms with van der Waals surface area (Å²) in [6.45, 7) is 11.3. The Labute approximate surface area is 179 Å². The minimum Gasteiger partial charge on any atom is -0.355 e. The number of nitrogens with zero attached hydrogens (tertiary/aromatic N) is 3. The third-order valence-electron chi connectivity index (χ3n) is 4.44. The number of carbonyl (C=O) groups excluding carboxylic acids is 2. The first-order valence-electron chi connectivity index (χ1n) is 10.7. The van der Waals surface area contributed by atoms with Crippen molar-refractivity contribution in [2.45, 2.75) is 47.2 Å². The van der Waals surface area contributed by atoms with Crippen LogP contribution in [-0.2, 0) is 17.9 Å². The van der Waals surface area contributed by atoms with E-state index in [4.69, 9.17) is 0 Å². The Morgan fingerprint density at radius 3 is 2.40 bits per heavy atom. The van der Waals surface area contributed by atoms with Crippen LogP contribution in [-0.4, -0.2) is 52.9 Å². The number of likely N-dealkylation sites (N-methyl/N-ethyl adjacent to an activating group) is 1. The summed E-state index contributed by atoms with van der Waals surface area (Å²) >= 11 is 0. The molecule has 2 heterocycles. The number of nitrogens with one attached hydrogen (secondary N) is 2. The molecule has 2 aromatic rings. The Kier molecular flexibility index (Phi) is 9.05. The van der Waals surface area contributed by atoms with Gasteiger partial charge >= 0.3 is 0 Å².